The van der Waals surface area contributed by atoms with Crippen molar-refractivity contribution in [1.29, 1.82) is 0 Å². The minimum absolute atomic E-state index is 0.0516. The molecule has 0 saturated carbocycles. The number of hydrogen-bond acceptors (Lipinski definition) is 2. The quantitative estimate of drug-likeness (QED) is 0.792. The molecule has 0 spiro atoms. The molecule has 2 heteroatoms. The summed E-state index contributed by atoms with van der Waals surface area (Å²) < 4.78 is 0. The summed E-state index contributed by atoms with van der Waals surface area (Å²) in [5, 5.41) is 14.2. The molecule has 1 nitrogen and oxygen atoms in total. The molecule has 1 unspecified atom stereocenters. The minimum atomic E-state index is -0.188. The molecule has 1 atom stereocenters. The molecule has 0 aromatic carbocycles. The number of aliphatic hydroxyl groups excluding tert-OH is 1. The monoisotopic (exact) mass is 212 g/mol. The summed E-state index contributed by atoms with van der Waals surface area (Å²) in [6.45, 7) is 6.39. The van der Waals surface area contributed by atoms with Crippen LogP contribution in [0.3, 0.4) is 0 Å². The van der Waals surface area contributed by atoms with Crippen molar-refractivity contribution in [2.45, 2.75) is 46.1 Å². The molecule has 1 heterocycles. The van der Waals surface area contributed by atoms with Gasteiger partial charge in [0, 0.05) is 0 Å². The number of hydrogen-bond donors (Lipinski definition) is 1. The van der Waals surface area contributed by atoms with E-state index in [1.165, 1.54) is 5.56 Å². The Morgan fingerprint density at radius 1 is 1.50 bits per heavy atom. The van der Waals surface area contributed by atoms with Gasteiger partial charge in [-0.2, -0.15) is 11.3 Å². The lowest BCUT2D eigenvalue weighted by atomic mass is 9.81. The van der Waals surface area contributed by atoms with Crippen LogP contribution in [0.4, 0.5) is 0 Å². The number of aliphatic hydroxyl groups is 1. The van der Waals surface area contributed by atoms with E-state index < -0.39 is 0 Å². The topological polar surface area (TPSA) is 20.2 Å². The maximum atomic E-state index is 9.98. The van der Waals surface area contributed by atoms with Crippen molar-refractivity contribution in [3.05, 3.63) is 22.4 Å². The van der Waals surface area contributed by atoms with E-state index in [9.17, 15) is 5.11 Å². The smallest absolute Gasteiger partial charge is 0.0594 e. The summed E-state index contributed by atoms with van der Waals surface area (Å²) in [7, 11) is 0. The Morgan fingerprint density at radius 3 is 2.71 bits per heavy atom. The summed E-state index contributed by atoms with van der Waals surface area (Å²) in [6, 6.07) is 2.14. The Hall–Kier alpha value is -0.340. The Balaban J connectivity index is 2.38. The van der Waals surface area contributed by atoms with Crippen LogP contribution in [0.1, 0.15) is 39.2 Å². The van der Waals surface area contributed by atoms with Crippen LogP contribution in [-0.4, -0.2) is 11.2 Å². The van der Waals surface area contributed by atoms with Crippen molar-refractivity contribution < 1.29 is 5.11 Å². The van der Waals surface area contributed by atoms with Crippen LogP contribution >= 0.6 is 11.3 Å². The third-order valence-electron chi connectivity index (χ3n) is 3.10. The molecule has 0 aliphatic rings. The predicted octanol–water partition coefficient (Wildman–Crippen LogP) is 3.48. The van der Waals surface area contributed by atoms with E-state index in [1.54, 1.807) is 11.3 Å². The van der Waals surface area contributed by atoms with Gasteiger partial charge in [-0.1, -0.05) is 20.8 Å². The second-order valence-electron chi connectivity index (χ2n) is 4.53. The molecule has 0 radical (unpaired) electrons. The second kappa shape index (κ2) is 4.94. The summed E-state index contributed by atoms with van der Waals surface area (Å²) in [4.78, 5) is 0. The first-order valence-corrected chi connectivity index (χ1v) is 6.19. The van der Waals surface area contributed by atoms with E-state index in [0.29, 0.717) is 0 Å². The standard InChI is InChI=1S/C12H20OS/c1-4-12(2,3)11(13)6-5-10-7-8-14-9-10/h7-9,11,13H,4-6H2,1-3H3. The van der Waals surface area contributed by atoms with Crippen LogP contribution < -0.4 is 0 Å². The van der Waals surface area contributed by atoms with Crippen LogP contribution in [0.25, 0.3) is 0 Å². The van der Waals surface area contributed by atoms with Gasteiger partial charge in [0.25, 0.3) is 0 Å². The zero-order valence-corrected chi connectivity index (χ0v) is 10.1. The van der Waals surface area contributed by atoms with Gasteiger partial charge in [0.2, 0.25) is 0 Å². The van der Waals surface area contributed by atoms with Gasteiger partial charge < -0.3 is 5.11 Å². The van der Waals surface area contributed by atoms with Gasteiger partial charge in [-0.05, 0) is 47.1 Å². The van der Waals surface area contributed by atoms with Crippen molar-refractivity contribution in [1.82, 2.24) is 0 Å². The van der Waals surface area contributed by atoms with Crippen LogP contribution in [0.2, 0.25) is 0 Å². The van der Waals surface area contributed by atoms with Crippen LogP contribution in [0, 0.1) is 5.41 Å². The molecule has 0 aliphatic carbocycles. The van der Waals surface area contributed by atoms with Crippen molar-refractivity contribution in [2.75, 3.05) is 0 Å². The number of thiophene rings is 1. The van der Waals surface area contributed by atoms with E-state index in [1.807, 2.05) is 0 Å². The summed E-state index contributed by atoms with van der Waals surface area (Å²) >= 11 is 1.72. The highest BCUT2D eigenvalue weighted by molar-refractivity contribution is 7.07. The van der Waals surface area contributed by atoms with E-state index in [2.05, 4.69) is 37.6 Å². The first-order valence-electron chi connectivity index (χ1n) is 5.25. The fraction of sp³-hybridized carbons (Fsp3) is 0.667. The van der Waals surface area contributed by atoms with Gasteiger partial charge in [0.15, 0.2) is 0 Å². The SMILES string of the molecule is CCC(C)(C)C(O)CCc1ccsc1. The molecule has 0 bridgehead atoms. The third kappa shape index (κ3) is 3.10. The molecule has 1 rings (SSSR count). The van der Waals surface area contributed by atoms with Gasteiger partial charge >= 0.3 is 0 Å². The highest BCUT2D eigenvalue weighted by Crippen LogP contribution is 2.27. The zero-order chi connectivity index (χ0) is 10.6. The average molecular weight is 212 g/mol. The maximum Gasteiger partial charge on any atom is 0.0594 e. The Kier molecular flexibility index (Phi) is 4.14. The van der Waals surface area contributed by atoms with Crippen LogP contribution in [-0.2, 0) is 6.42 Å². The maximum absolute atomic E-state index is 9.98. The molecule has 0 amide bonds. The molecule has 1 aromatic heterocycles. The predicted molar refractivity (Wildman–Crippen MR) is 62.7 cm³/mol. The number of rotatable bonds is 5. The second-order valence-corrected chi connectivity index (χ2v) is 5.31. The molecular formula is C12H20OS. The summed E-state index contributed by atoms with van der Waals surface area (Å²) in [5.41, 5.74) is 1.40. The van der Waals surface area contributed by atoms with Gasteiger partial charge in [0.05, 0.1) is 6.10 Å². The molecular weight excluding hydrogens is 192 g/mol. The molecule has 80 valence electrons. The highest BCUT2D eigenvalue weighted by atomic mass is 32.1. The third-order valence-corrected chi connectivity index (χ3v) is 3.83. The summed E-state index contributed by atoms with van der Waals surface area (Å²) in [5.74, 6) is 0. The molecule has 14 heavy (non-hydrogen) atoms. The normalized spacial score (nSPS) is 14.3. The molecule has 1 aromatic rings. The van der Waals surface area contributed by atoms with E-state index in [0.717, 1.165) is 19.3 Å². The Labute approximate surface area is 90.8 Å². The lowest BCUT2D eigenvalue weighted by Gasteiger charge is -2.29. The Bertz CT molecular complexity index is 251. The largest absolute Gasteiger partial charge is 0.393 e. The van der Waals surface area contributed by atoms with Crippen molar-refractivity contribution in [3.63, 3.8) is 0 Å². The van der Waals surface area contributed by atoms with Gasteiger partial charge in [-0.15, -0.1) is 0 Å². The van der Waals surface area contributed by atoms with Gasteiger partial charge in [-0.3, -0.25) is 0 Å². The van der Waals surface area contributed by atoms with E-state index in [4.69, 9.17) is 0 Å². The van der Waals surface area contributed by atoms with Crippen LogP contribution in [0.5, 0.6) is 0 Å². The lowest BCUT2D eigenvalue weighted by molar-refractivity contribution is 0.0408. The summed E-state index contributed by atoms with van der Waals surface area (Å²) in [6.07, 6.45) is 2.70. The highest BCUT2D eigenvalue weighted by Gasteiger charge is 2.25. The van der Waals surface area contributed by atoms with E-state index in [-0.39, 0.29) is 11.5 Å². The lowest BCUT2D eigenvalue weighted by Crippen LogP contribution is -2.28. The molecule has 0 saturated heterocycles. The number of aryl methyl sites for hydroxylation is 1. The molecule has 0 aliphatic heterocycles. The molecule has 0 fully saturated rings. The van der Waals surface area contributed by atoms with Crippen molar-refractivity contribution >= 4 is 11.3 Å². The average Bonchev–Trinajstić information content (AvgIpc) is 2.66. The fourth-order valence-corrected chi connectivity index (χ4v) is 2.07. The van der Waals surface area contributed by atoms with Gasteiger partial charge in [0.1, 0.15) is 0 Å². The first-order chi connectivity index (χ1) is 6.56. The van der Waals surface area contributed by atoms with Crippen molar-refractivity contribution in [3.8, 4) is 0 Å². The van der Waals surface area contributed by atoms with Crippen LogP contribution in [0.15, 0.2) is 16.8 Å². The van der Waals surface area contributed by atoms with E-state index >= 15 is 0 Å². The minimum Gasteiger partial charge on any atom is -0.393 e. The Morgan fingerprint density at radius 2 is 2.21 bits per heavy atom. The first kappa shape index (κ1) is 11.7. The molecule has 1 N–H and O–H groups in total. The van der Waals surface area contributed by atoms with Gasteiger partial charge in [-0.25, -0.2) is 0 Å². The zero-order valence-electron chi connectivity index (χ0n) is 9.29. The fourth-order valence-electron chi connectivity index (χ4n) is 1.36. The van der Waals surface area contributed by atoms with Crippen molar-refractivity contribution in [2.24, 2.45) is 5.41 Å².